The fraction of sp³-hybridized carbons (Fsp3) is 0.333. The molecule has 18 heavy (non-hydrogen) atoms. The smallest absolute Gasteiger partial charge is 0.141 e. The number of benzene rings is 1. The van der Waals surface area contributed by atoms with Gasteiger partial charge < -0.3 is 13.9 Å². The molecule has 3 nitrogen and oxygen atoms in total. The van der Waals surface area contributed by atoms with Crippen molar-refractivity contribution in [1.29, 1.82) is 0 Å². The van der Waals surface area contributed by atoms with Crippen molar-refractivity contribution in [2.24, 2.45) is 0 Å². The van der Waals surface area contributed by atoms with Crippen LogP contribution in [0.3, 0.4) is 0 Å². The Morgan fingerprint density at radius 2 is 1.78 bits per heavy atom. The van der Waals surface area contributed by atoms with E-state index in [-0.39, 0.29) is 0 Å². The summed E-state index contributed by atoms with van der Waals surface area (Å²) >= 11 is 0. The topological polar surface area (TPSA) is 46.5 Å². The number of aryl methyl sites for hydroxylation is 2. The minimum atomic E-state index is -0.724. The van der Waals surface area contributed by atoms with E-state index >= 15 is 0 Å². The summed E-state index contributed by atoms with van der Waals surface area (Å²) in [6, 6.07) is 5.96. The van der Waals surface area contributed by atoms with Crippen molar-refractivity contribution in [3.05, 3.63) is 35.3 Å². The second-order valence-corrected chi connectivity index (χ2v) is 5.33. The summed E-state index contributed by atoms with van der Waals surface area (Å²) in [6.07, 6.45) is 1.59. The number of rotatable bonds is 1. The van der Waals surface area contributed by atoms with Gasteiger partial charge in [-0.15, -0.1) is 0 Å². The van der Waals surface area contributed by atoms with Crippen LogP contribution in [-0.4, -0.2) is 5.11 Å². The highest BCUT2D eigenvalue weighted by atomic mass is 16.3. The standard InChI is InChI=1S/C15H14O3/c1-8-5-10-7-12-11(6-9(2)17-12)13(14(10)18-8)15(16)3-4-15/h5-7,16H,3-4H2,1-2H3. The van der Waals surface area contributed by atoms with Crippen molar-refractivity contribution in [2.45, 2.75) is 32.3 Å². The molecule has 1 aromatic carbocycles. The first-order valence-electron chi connectivity index (χ1n) is 6.23. The highest BCUT2D eigenvalue weighted by Gasteiger charge is 2.45. The molecule has 0 saturated heterocycles. The van der Waals surface area contributed by atoms with E-state index in [1.165, 1.54) is 0 Å². The average molecular weight is 242 g/mol. The summed E-state index contributed by atoms with van der Waals surface area (Å²) in [5.74, 6) is 1.72. The third kappa shape index (κ3) is 1.22. The van der Waals surface area contributed by atoms with E-state index in [9.17, 15) is 5.11 Å². The van der Waals surface area contributed by atoms with E-state index in [0.717, 1.165) is 51.9 Å². The molecule has 2 heterocycles. The molecular formula is C15H14O3. The maximum Gasteiger partial charge on any atom is 0.141 e. The van der Waals surface area contributed by atoms with Crippen molar-refractivity contribution >= 4 is 21.9 Å². The molecule has 0 amide bonds. The molecule has 3 heteroatoms. The van der Waals surface area contributed by atoms with Crippen LogP contribution in [0.1, 0.15) is 29.9 Å². The van der Waals surface area contributed by atoms with Gasteiger partial charge in [0.05, 0.1) is 5.60 Å². The Kier molecular flexibility index (Phi) is 1.69. The fourth-order valence-corrected chi connectivity index (χ4v) is 2.77. The van der Waals surface area contributed by atoms with E-state index in [2.05, 4.69) is 0 Å². The molecule has 92 valence electrons. The Hall–Kier alpha value is -1.74. The Morgan fingerprint density at radius 3 is 2.50 bits per heavy atom. The molecule has 2 aromatic heterocycles. The van der Waals surface area contributed by atoms with E-state index in [4.69, 9.17) is 8.83 Å². The number of hydrogen-bond acceptors (Lipinski definition) is 3. The summed E-state index contributed by atoms with van der Waals surface area (Å²) in [6.45, 7) is 3.85. The van der Waals surface area contributed by atoms with Crippen LogP contribution in [0, 0.1) is 13.8 Å². The maximum atomic E-state index is 10.5. The van der Waals surface area contributed by atoms with Crippen molar-refractivity contribution < 1.29 is 13.9 Å². The fourth-order valence-electron chi connectivity index (χ4n) is 2.77. The third-order valence-corrected chi connectivity index (χ3v) is 3.74. The second-order valence-electron chi connectivity index (χ2n) is 5.33. The van der Waals surface area contributed by atoms with Gasteiger partial charge >= 0.3 is 0 Å². The molecule has 1 saturated carbocycles. The lowest BCUT2D eigenvalue weighted by Gasteiger charge is -2.09. The summed E-state index contributed by atoms with van der Waals surface area (Å²) < 4.78 is 11.5. The normalized spacial score (nSPS) is 17.7. The van der Waals surface area contributed by atoms with Crippen molar-refractivity contribution in [3.63, 3.8) is 0 Å². The Morgan fingerprint density at radius 1 is 1.06 bits per heavy atom. The highest BCUT2D eigenvalue weighted by Crippen LogP contribution is 2.51. The third-order valence-electron chi connectivity index (χ3n) is 3.74. The van der Waals surface area contributed by atoms with Gasteiger partial charge in [0.1, 0.15) is 22.7 Å². The minimum Gasteiger partial charge on any atom is -0.461 e. The molecule has 0 atom stereocenters. The molecule has 3 aromatic rings. The maximum absolute atomic E-state index is 10.5. The van der Waals surface area contributed by atoms with Crippen molar-refractivity contribution in [1.82, 2.24) is 0 Å². The zero-order valence-electron chi connectivity index (χ0n) is 10.4. The van der Waals surface area contributed by atoms with Gasteiger partial charge in [-0.05, 0) is 44.9 Å². The van der Waals surface area contributed by atoms with Crippen molar-refractivity contribution in [2.75, 3.05) is 0 Å². The molecule has 1 aliphatic rings. The summed E-state index contributed by atoms with van der Waals surface area (Å²) in [5.41, 5.74) is 1.81. The lowest BCUT2D eigenvalue weighted by Crippen LogP contribution is -2.05. The summed E-state index contributed by atoms with van der Waals surface area (Å²) in [7, 11) is 0. The quantitative estimate of drug-likeness (QED) is 0.706. The first-order valence-corrected chi connectivity index (χ1v) is 6.23. The predicted octanol–water partition coefficient (Wildman–Crippen LogP) is 3.78. The lowest BCUT2D eigenvalue weighted by molar-refractivity contribution is 0.153. The van der Waals surface area contributed by atoms with Gasteiger partial charge in [-0.1, -0.05) is 0 Å². The van der Waals surface area contributed by atoms with E-state index in [0.29, 0.717) is 0 Å². The molecule has 1 aliphatic carbocycles. The van der Waals surface area contributed by atoms with Crippen LogP contribution in [0.5, 0.6) is 0 Å². The van der Waals surface area contributed by atoms with Gasteiger partial charge in [0.15, 0.2) is 0 Å². The zero-order valence-corrected chi connectivity index (χ0v) is 10.4. The van der Waals surface area contributed by atoms with Crippen LogP contribution >= 0.6 is 0 Å². The van der Waals surface area contributed by atoms with Gasteiger partial charge in [-0.25, -0.2) is 0 Å². The molecule has 1 N–H and O–H groups in total. The summed E-state index contributed by atoms with van der Waals surface area (Å²) in [4.78, 5) is 0. The van der Waals surface area contributed by atoms with Gasteiger partial charge in [0.2, 0.25) is 0 Å². The first kappa shape index (κ1) is 10.2. The molecule has 1 fully saturated rings. The van der Waals surface area contributed by atoms with Gasteiger partial charge in [-0.2, -0.15) is 0 Å². The lowest BCUT2D eigenvalue weighted by atomic mass is 10.0. The Labute approximate surface area is 104 Å². The van der Waals surface area contributed by atoms with Crippen LogP contribution in [0.4, 0.5) is 0 Å². The van der Waals surface area contributed by atoms with E-state index in [1.807, 2.05) is 32.0 Å². The molecule has 0 aliphatic heterocycles. The Bertz CT molecular complexity index is 717. The molecule has 4 rings (SSSR count). The number of hydrogen-bond donors (Lipinski definition) is 1. The minimum absolute atomic E-state index is 0.724. The van der Waals surface area contributed by atoms with Crippen LogP contribution < -0.4 is 0 Å². The number of fused-ring (bicyclic) bond motifs is 2. The van der Waals surface area contributed by atoms with Crippen molar-refractivity contribution in [3.8, 4) is 0 Å². The van der Waals surface area contributed by atoms with Crippen LogP contribution in [0.25, 0.3) is 21.9 Å². The van der Waals surface area contributed by atoms with Gasteiger partial charge in [0.25, 0.3) is 0 Å². The second kappa shape index (κ2) is 2.98. The molecule has 0 spiro atoms. The SMILES string of the molecule is Cc1cc2c(C3(O)CC3)c3oc(C)cc3cc2o1. The van der Waals surface area contributed by atoms with E-state index in [1.54, 1.807) is 0 Å². The number of aliphatic hydroxyl groups is 1. The van der Waals surface area contributed by atoms with Crippen LogP contribution in [0.15, 0.2) is 27.0 Å². The molecule has 0 unspecified atom stereocenters. The molecule has 0 bridgehead atoms. The van der Waals surface area contributed by atoms with Crippen LogP contribution in [0.2, 0.25) is 0 Å². The zero-order chi connectivity index (χ0) is 12.5. The Balaban J connectivity index is 2.23. The van der Waals surface area contributed by atoms with Gasteiger partial charge in [-0.3, -0.25) is 0 Å². The van der Waals surface area contributed by atoms with Crippen LogP contribution in [-0.2, 0) is 5.60 Å². The number of furan rings is 2. The highest BCUT2D eigenvalue weighted by molar-refractivity contribution is 5.99. The largest absolute Gasteiger partial charge is 0.461 e. The predicted molar refractivity (Wildman–Crippen MR) is 68.6 cm³/mol. The first-order chi connectivity index (χ1) is 8.57. The van der Waals surface area contributed by atoms with E-state index < -0.39 is 5.60 Å². The molecular weight excluding hydrogens is 228 g/mol. The molecule has 0 radical (unpaired) electrons. The van der Waals surface area contributed by atoms with Gasteiger partial charge in [0, 0.05) is 16.3 Å². The summed E-state index contributed by atoms with van der Waals surface area (Å²) in [5, 5.41) is 12.5. The average Bonchev–Trinajstić information content (AvgIpc) is 2.76. The monoisotopic (exact) mass is 242 g/mol.